The fourth-order valence-electron chi connectivity index (χ4n) is 3.08. The second-order valence-electron chi connectivity index (χ2n) is 6.71. The highest BCUT2D eigenvalue weighted by Crippen LogP contribution is 2.29. The van der Waals surface area contributed by atoms with Crippen LogP contribution in [0.4, 0.5) is 0 Å². The summed E-state index contributed by atoms with van der Waals surface area (Å²) in [5, 5.41) is 3.99. The average molecular weight is 435 g/mol. The number of hydrogen-bond acceptors (Lipinski definition) is 6. The Hall–Kier alpha value is -4.07. The molecule has 1 aromatic heterocycles. The molecule has 1 amide bonds. The smallest absolute Gasteiger partial charge is 0.276 e. The van der Waals surface area contributed by atoms with Crippen molar-refractivity contribution < 1.29 is 19.0 Å². The van der Waals surface area contributed by atoms with E-state index >= 15 is 0 Å². The monoisotopic (exact) mass is 435 g/mol. The Morgan fingerprint density at radius 1 is 1.06 bits per heavy atom. The van der Waals surface area contributed by atoms with Gasteiger partial charge in [0.05, 0.1) is 33.6 Å². The summed E-state index contributed by atoms with van der Waals surface area (Å²) < 4.78 is 17.5. The average Bonchev–Trinajstić information content (AvgIpc) is 2.82. The minimum absolute atomic E-state index is 0.00571. The molecule has 0 fully saturated rings. The molecule has 0 bridgehead atoms. The van der Waals surface area contributed by atoms with Crippen LogP contribution in [0.5, 0.6) is 17.2 Å². The molecule has 0 aliphatic carbocycles. The van der Waals surface area contributed by atoms with Gasteiger partial charge < -0.3 is 18.8 Å². The molecule has 0 saturated heterocycles. The lowest BCUT2D eigenvalue weighted by molar-refractivity contribution is 0.0953. The van der Waals surface area contributed by atoms with Crippen molar-refractivity contribution in [3.63, 3.8) is 0 Å². The molecule has 2 aromatic carbocycles. The number of aromatic nitrogens is 1. The number of carbonyl (C=O) groups excluding carboxylic acids is 1. The molecule has 3 rings (SSSR count). The van der Waals surface area contributed by atoms with Crippen molar-refractivity contribution in [1.29, 1.82) is 0 Å². The molecule has 3 aromatic rings. The topological polar surface area (TPSA) is 91.1 Å². The van der Waals surface area contributed by atoms with Gasteiger partial charge in [-0.25, -0.2) is 5.43 Å². The number of carbonyl (C=O) groups is 1. The van der Waals surface area contributed by atoms with Crippen molar-refractivity contribution in [1.82, 2.24) is 9.99 Å². The largest absolute Gasteiger partial charge is 0.497 e. The third-order valence-electron chi connectivity index (χ3n) is 4.66. The first-order chi connectivity index (χ1) is 15.6. The Morgan fingerprint density at radius 2 is 1.84 bits per heavy atom. The predicted octanol–water partition coefficient (Wildman–Crippen LogP) is 3.08. The first-order valence-electron chi connectivity index (χ1n) is 10.0. The van der Waals surface area contributed by atoms with Crippen molar-refractivity contribution in [2.24, 2.45) is 5.10 Å². The van der Waals surface area contributed by atoms with Gasteiger partial charge in [-0.05, 0) is 48.9 Å². The van der Waals surface area contributed by atoms with E-state index in [0.717, 1.165) is 11.3 Å². The van der Waals surface area contributed by atoms with Crippen LogP contribution in [0, 0.1) is 0 Å². The van der Waals surface area contributed by atoms with E-state index in [1.165, 1.54) is 16.8 Å². The van der Waals surface area contributed by atoms with E-state index < -0.39 is 11.5 Å². The van der Waals surface area contributed by atoms with Gasteiger partial charge in [-0.1, -0.05) is 18.2 Å². The van der Waals surface area contributed by atoms with Crippen LogP contribution in [0.3, 0.4) is 0 Å². The van der Waals surface area contributed by atoms with Gasteiger partial charge in [0.2, 0.25) is 0 Å². The summed E-state index contributed by atoms with van der Waals surface area (Å²) in [5.41, 5.74) is 3.53. The van der Waals surface area contributed by atoms with Crippen LogP contribution in [0.25, 0.3) is 0 Å². The number of hydrogen-bond donors (Lipinski definition) is 1. The van der Waals surface area contributed by atoms with E-state index in [0.29, 0.717) is 30.2 Å². The van der Waals surface area contributed by atoms with Crippen LogP contribution >= 0.6 is 0 Å². The number of para-hydroxylation sites is 1. The zero-order valence-corrected chi connectivity index (χ0v) is 18.2. The van der Waals surface area contributed by atoms with Gasteiger partial charge in [0.15, 0.2) is 11.5 Å². The van der Waals surface area contributed by atoms with Crippen molar-refractivity contribution in [2.45, 2.75) is 13.5 Å². The molecule has 0 radical (unpaired) electrons. The van der Waals surface area contributed by atoms with E-state index in [2.05, 4.69) is 10.5 Å². The number of pyridine rings is 1. The maximum absolute atomic E-state index is 12.8. The fraction of sp³-hybridized carbons (Fsp3) is 0.208. The number of rotatable bonds is 9. The van der Waals surface area contributed by atoms with Crippen LogP contribution in [-0.2, 0) is 6.54 Å². The summed E-state index contributed by atoms with van der Waals surface area (Å²) in [4.78, 5) is 25.3. The highest BCUT2D eigenvalue weighted by atomic mass is 16.5. The van der Waals surface area contributed by atoms with Crippen LogP contribution in [0.1, 0.15) is 28.4 Å². The lowest BCUT2D eigenvalue weighted by Crippen LogP contribution is -2.30. The third-order valence-corrected chi connectivity index (χ3v) is 4.66. The zero-order chi connectivity index (χ0) is 22.9. The molecule has 0 spiro atoms. The van der Waals surface area contributed by atoms with E-state index in [1.807, 2.05) is 31.2 Å². The van der Waals surface area contributed by atoms with Crippen LogP contribution in [0.2, 0.25) is 0 Å². The highest BCUT2D eigenvalue weighted by Gasteiger charge is 2.13. The zero-order valence-electron chi connectivity index (χ0n) is 18.2. The summed E-state index contributed by atoms with van der Waals surface area (Å²) in [6.45, 7) is 2.64. The summed E-state index contributed by atoms with van der Waals surface area (Å²) in [5.74, 6) is 1.22. The summed E-state index contributed by atoms with van der Waals surface area (Å²) in [7, 11) is 3.14. The molecular formula is C24H25N3O5. The molecule has 1 heterocycles. The molecule has 0 unspecified atom stereocenters. The van der Waals surface area contributed by atoms with Crippen molar-refractivity contribution in [2.75, 3.05) is 20.8 Å². The number of nitrogens with zero attached hydrogens (tertiary/aromatic N) is 2. The van der Waals surface area contributed by atoms with Gasteiger partial charge in [0.1, 0.15) is 11.3 Å². The van der Waals surface area contributed by atoms with Gasteiger partial charge in [-0.2, -0.15) is 5.10 Å². The quantitative estimate of drug-likeness (QED) is 0.412. The lowest BCUT2D eigenvalue weighted by atomic mass is 10.2. The summed E-state index contributed by atoms with van der Waals surface area (Å²) in [6, 6.07) is 15.8. The molecule has 0 atom stereocenters. The number of amides is 1. The first-order valence-corrected chi connectivity index (χ1v) is 10.0. The van der Waals surface area contributed by atoms with Gasteiger partial charge in [-0.3, -0.25) is 9.59 Å². The normalized spacial score (nSPS) is 10.7. The van der Waals surface area contributed by atoms with Crippen molar-refractivity contribution in [3.8, 4) is 17.2 Å². The molecule has 8 heteroatoms. The van der Waals surface area contributed by atoms with Gasteiger partial charge >= 0.3 is 0 Å². The molecule has 1 N–H and O–H groups in total. The molecule has 166 valence electrons. The lowest BCUT2D eigenvalue weighted by Gasteiger charge is -2.11. The Morgan fingerprint density at radius 3 is 2.53 bits per heavy atom. The van der Waals surface area contributed by atoms with E-state index in [4.69, 9.17) is 14.2 Å². The molecule has 32 heavy (non-hydrogen) atoms. The number of ether oxygens (including phenoxy) is 3. The maximum Gasteiger partial charge on any atom is 0.276 e. The van der Waals surface area contributed by atoms with Crippen LogP contribution in [-0.4, -0.2) is 37.5 Å². The number of benzene rings is 2. The maximum atomic E-state index is 12.8. The fourth-order valence-corrected chi connectivity index (χ4v) is 3.08. The standard InChI is InChI=1S/C24H25N3O5/c1-4-32-22-18(7-5-9-21(22)31-3)15-25-26-23(28)20-8-6-14-27(24(20)29)16-17-10-12-19(30-2)13-11-17/h5-15H,4,16H2,1-3H3,(H,26,28)/b25-15-. The molecular weight excluding hydrogens is 410 g/mol. The molecule has 8 nitrogen and oxygen atoms in total. The Balaban J connectivity index is 1.75. The SMILES string of the molecule is CCOc1c(/C=N\NC(=O)c2cccn(Cc3ccc(OC)cc3)c2=O)cccc1OC. The second kappa shape index (κ2) is 10.8. The molecule has 0 aliphatic rings. The first kappa shape index (κ1) is 22.6. The minimum Gasteiger partial charge on any atom is -0.497 e. The van der Waals surface area contributed by atoms with Gasteiger partial charge in [0, 0.05) is 11.8 Å². The van der Waals surface area contributed by atoms with Gasteiger partial charge in [-0.15, -0.1) is 0 Å². The van der Waals surface area contributed by atoms with E-state index in [9.17, 15) is 9.59 Å². The summed E-state index contributed by atoms with van der Waals surface area (Å²) in [6.07, 6.45) is 3.08. The van der Waals surface area contributed by atoms with Crippen LogP contribution < -0.4 is 25.2 Å². The number of methoxy groups -OCH3 is 2. The molecule has 0 saturated carbocycles. The number of nitrogens with one attached hydrogen (secondary N) is 1. The Kier molecular flexibility index (Phi) is 7.64. The minimum atomic E-state index is -0.601. The predicted molar refractivity (Wildman–Crippen MR) is 122 cm³/mol. The van der Waals surface area contributed by atoms with E-state index in [-0.39, 0.29) is 5.56 Å². The van der Waals surface area contributed by atoms with Crippen molar-refractivity contribution >= 4 is 12.1 Å². The number of hydrazone groups is 1. The highest BCUT2D eigenvalue weighted by molar-refractivity contribution is 5.94. The molecule has 0 aliphatic heterocycles. The van der Waals surface area contributed by atoms with Gasteiger partial charge in [0.25, 0.3) is 11.5 Å². The van der Waals surface area contributed by atoms with E-state index in [1.54, 1.807) is 44.7 Å². The second-order valence-corrected chi connectivity index (χ2v) is 6.71. The third kappa shape index (κ3) is 5.34. The van der Waals surface area contributed by atoms with Crippen molar-refractivity contribution in [3.05, 3.63) is 87.8 Å². The Labute approximate surface area is 186 Å². The van der Waals surface area contributed by atoms with Crippen LogP contribution in [0.15, 0.2) is 70.7 Å². The Bertz CT molecular complexity index is 1150. The summed E-state index contributed by atoms with van der Waals surface area (Å²) >= 11 is 0.